The summed E-state index contributed by atoms with van der Waals surface area (Å²) in [5.41, 5.74) is 6.32. The van der Waals surface area contributed by atoms with Crippen molar-refractivity contribution in [1.82, 2.24) is 10.9 Å². The number of aryl methyl sites for hydroxylation is 1. The van der Waals surface area contributed by atoms with Gasteiger partial charge in [-0.2, -0.15) is 0 Å². The third kappa shape index (κ3) is 4.93. The third-order valence-corrected chi connectivity index (χ3v) is 3.37. The van der Waals surface area contributed by atoms with Crippen molar-refractivity contribution in [2.45, 2.75) is 13.3 Å². The molecule has 0 spiro atoms. The van der Waals surface area contributed by atoms with Gasteiger partial charge in [0.05, 0.1) is 6.42 Å². The van der Waals surface area contributed by atoms with Gasteiger partial charge in [-0.05, 0) is 24.6 Å². The highest BCUT2D eigenvalue weighted by Gasteiger charge is 2.16. The fourth-order valence-corrected chi connectivity index (χ4v) is 1.98. The molecule has 0 aromatic heterocycles. The first-order valence-corrected chi connectivity index (χ1v) is 7.28. The van der Waals surface area contributed by atoms with E-state index in [1.54, 1.807) is 48.5 Å². The summed E-state index contributed by atoms with van der Waals surface area (Å²) in [6, 6.07) is 13.4. The number of halogens is 1. The van der Waals surface area contributed by atoms with Crippen molar-refractivity contribution in [2.75, 3.05) is 0 Å². The SMILES string of the molecule is Cc1ccc(C(=O)C(=O)NNC(=O)Cc2ccc(Cl)cc2)cc1. The summed E-state index contributed by atoms with van der Waals surface area (Å²) in [7, 11) is 0. The van der Waals surface area contributed by atoms with Crippen LogP contribution in [-0.2, 0) is 16.0 Å². The van der Waals surface area contributed by atoms with Gasteiger partial charge in [-0.3, -0.25) is 25.2 Å². The maximum atomic E-state index is 11.9. The lowest BCUT2D eigenvalue weighted by Gasteiger charge is -2.07. The Morgan fingerprint density at radius 3 is 2.13 bits per heavy atom. The highest BCUT2D eigenvalue weighted by atomic mass is 35.5. The summed E-state index contributed by atoms with van der Waals surface area (Å²) in [5.74, 6) is -2.03. The molecule has 0 fully saturated rings. The van der Waals surface area contributed by atoms with Crippen molar-refractivity contribution < 1.29 is 14.4 Å². The van der Waals surface area contributed by atoms with E-state index < -0.39 is 17.6 Å². The molecular formula is C17H15ClN2O3. The number of nitrogens with one attached hydrogen (secondary N) is 2. The summed E-state index contributed by atoms with van der Waals surface area (Å²) in [6.45, 7) is 1.88. The number of Topliss-reactive ketones (excluding diaryl/α,β-unsaturated/α-hetero) is 1. The Balaban J connectivity index is 1.85. The van der Waals surface area contributed by atoms with E-state index in [1.165, 1.54) is 0 Å². The molecule has 2 aromatic carbocycles. The minimum Gasteiger partial charge on any atom is -0.283 e. The first-order chi connectivity index (χ1) is 11.0. The molecule has 0 aliphatic carbocycles. The number of benzene rings is 2. The molecule has 0 radical (unpaired) electrons. The van der Waals surface area contributed by atoms with Crippen LogP contribution in [0.1, 0.15) is 21.5 Å². The summed E-state index contributed by atoms with van der Waals surface area (Å²) in [4.78, 5) is 35.4. The predicted octanol–water partition coefficient (Wildman–Crippen LogP) is 2.22. The summed E-state index contributed by atoms with van der Waals surface area (Å²) < 4.78 is 0. The van der Waals surface area contributed by atoms with Crippen molar-refractivity contribution >= 4 is 29.2 Å². The molecule has 6 heteroatoms. The van der Waals surface area contributed by atoms with Gasteiger partial charge in [0.2, 0.25) is 5.91 Å². The van der Waals surface area contributed by atoms with Crippen molar-refractivity contribution in [3.8, 4) is 0 Å². The number of amides is 2. The number of hydrogen-bond acceptors (Lipinski definition) is 3. The molecular weight excluding hydrogens is 316 g/mol. The molecule has 2 amide bonds. The molecule has 2 N–H and O–H groups in total. The Bertz CT molecular complexity index is 725. The maximum Gasteiger partial charge on any atom is 0.310 e. The number of hydrogen-bond donors (Lipinski definition) is 2. The third-order valence-electron chi connectivity index (χ3n) is 3.11. The molecule has 5 nitrogen and oxygen atoms in total. The molecule has 2 aromatic rings. The van der Waals surface area contributed by atoms with Gasteiger partial charge in [-0.1, -0.05) is 53.6 Å². The van der Waals surface area contributed by atoms with Gasteiger partial charge in [-0.25, -0.2) is 0 Å². The lowest BCUT2D eigenvalue weighted by atomic mass is 10.1. The largest absolute Gasteiger partial charge is 0.310 e. The van der Waals surface area contributed by atoms with E-state index in [1.807, 2.05) is 6.92 Å². The average molecular weight is 331 g/mol. The first kappa shape index (κ1) is 16.7. The van der Waals surface area contributed by atoms with Crippen LogP contribution in [-0.4, -0.2) is 17.6 Å². The summed E-state index contributed by atoms with van der Waals surface area (Å²) >= 11 is 5.76. The molecule has 0 aliphatic heterocycles. The predicted molar refractivity (Wildman–Crippen MR) is 87.0 cm³/mol. The van der Waals surface area contributed by atoms with Gasteiger partial charge in [-0.15, -0.1) is 0 Å². The van der Waals surface area contributed by atoms with Crippen molar-refractivity contribution in [2.24, 2.45) is 0 Å². The molecule has 0 aliphatic rings. The topological polar surface area (TPSA) is 75.3 Å². The van der Waals surface area contributed by atoms with E-state index in [9.17, 15) is 14.4 Å². The van der Waals surface area contributed by atoms with Crippen LogP contribution < -0.4 is 10.9 Å². The first-order valence-electron chi connectivity index (χ1n) is 6.90. The van der Waals surface area contributed by atoms with Crippen molar-refractivity contribution in [1.29, 1.82) is 0 Å². The Kier molecular flexibility index (Phi) is 5.49. The minimum atomic E-state index is -0.890. The van der Waals surface area contributed by atoms with E-state index in [0.717, 1.165) is 11.1 Å². The van der Waals surface area contributed by atoms with Crippen LogP contribution in [0.3, 0.4) is 0 Å². The van der Waals surface area contributed by atoms with Crippen molar-refractivity contribution in [3.05, 3.63) is 70.2 Å². The lowest BCUT2D eigenvalue weighted by molar-refractivity contribution is -0.126. The second kappa shape index (κ2) is 7.56. The van der Waals surface area contributed by atoms with Crippen LogP contribution >= 0.6 is 11.6 Å². The van der Waals surface area contributed by atoms with Gasteiger partial charge in [0.1, 0.15) is 0 Å². The smallest absolute Gasteiger partial charge is 0.283 e. The number of ketones is 1. The van der Waals surface area contributed by atoms with Gasteiger partial charge >= 0.3 is 5.91 Å². The molecule has 0 bridgehead atoms. The van der Waals surface area contributed by atoms with Gasteiger partial charge in [0.25, 0.3) is 5.78 Å². The standard InChI is InChI=1S/C17H15ClN2O3/c1-11-2-6-13(7-3-11)16(22)17(23)20-19-15(21)10-12-4-8-14(18)9-5-12/h2-9H,10H2,1H3,(H,19,21)(H,20,23). The molecule has 0 atom stereocenters. The highest BCUT2D eigenvalue weighted by Crippen LogP contribution is 2.09. The minimum absolute atomic E-state index is 0.0656. The Morgan fingerprint density at radius 1 is 0.913 bits per heavy atom. The molecule has 118 valence electrons. The molecule has 23 heavy (non-hydrogen) atoms. The average Bonchev–Trinajstić information content (AvgIpc) is 2.55. The zero-order valence-corrected chi connectivity index (χ0v) is 13.2. The molecule has 0 unspecified atom stereocenters. The van der Waals surface area contributed by atoms with E-state index in [0.29, 0.717) is 5.02 Å². The second-order valence-electron chi connectivity index (χ2n) is 5.00. The Morgan fingerprint density at radius 2 is 1.52 bits per heavy atom. The van der Waals surface area contributed by atoms with Crippen LogP contribution in [0, 0.1) is 6.92 Å². The fourth-order valence-electron chi connectivity index (χ4n) is 1.85. The number of carbonyl (C=O) groups is 3. The second-order valence-corrected chi connectivity index (χ2v) is 5.44. The Labute approximate surface area is 138 Å². The number of rotatable bonds is 4. The molecule has 2 rings (SSSR count). The lowest BCUT2D eigenvalue weighted by Crippen LogP contribution is -2.45. The number of hydrazine groups is 1. The van der Waals surface area contributed by atoms with E-state index >= 15 is 0 Å². The molecule has 0 saturated carbocycles. The van der Waals surface area contributed by atoms with Crippen LogP contribution in [0.25, 0.3) is 0 Å². The van der Waals surface area contributed by atoms with Gasteiger partial charge in [0, 0.05) is 10.6 Å². The maximum absolute atomic E-state index is 11.9. The van der Waals surface area contributed by atoms with Crippen LogP contribution in [0.2, 0.25) is 5.02 Å². The van der Waals surface area contributed by atoms with Crippen LogP contribution in [0.15, 0.2) is 48.5 Å². The summed E-state index contributed by atoms with van der Waals surface area (Å²) in [5, 5.41) is 0.575. The van der Waals surface area contributed by atoms with E-state index in [-0.39, 0.29) is 12.0 Å². The van der Waals surface area contributed by atoms with Crippen molar-refractivity contribution in [3.63, 3.8) is 0 Å². The summed E-state index contributed by atoms with van der Waals surface area (Å²) in [6.07, 6.45) is 0.0656. The van der Waals surface area contributed by atoms with Gasteiger partial charge in [0.15, 0.2) is 0 Å². The molecule has 0 saturated heterocycles. The normalized spacial score (nSPS) is 10.0. The van der Waals surface area contributed by atoms with Gasteiger partial charge < -0.3 is 0 Å². The Hall–Kier alpha value is -2.66. The quantitative estimate of drug-likeness (QED) is 0.513. The zero-order chi connectivity index (χ0) is 16.8. The van der Waals surface area contributed by atoms with Crippen LogP contribution in [0.4, 0.5) is 0 Å². The zero-order valence-electron chi connectivity index (χ0n) is 12.4. The fraction of sp³-hybridized carbons (Fsp3) is 0.118. The number of carbonyl (C=O) groups excluding carboxylic acids is 3. The monoisotopic (exact) mass is 330 g/mol. The van der Waals surface area contributed by atoms with Crippen LogP contribution in [0.5, 0.6) is 0 Å². The van der Waals surface area contributed by atoms with E-state index in [2.05, 4.69) is 10.9 Å². The van der Waals surface area contributed by atoms with E-state index in [4.69, 9.17) is 11.6 Å². The molecule has 0 heterocycles. The highest BCUT2D eigenvalue weighted by molar-refractivity contribution is 6.42.